The van der Waals surface area contributed by atoms with E-state index in [9.17, 15) is 9.59 Å². The molecule has 0 aliphatic carbocycles. The number of amides is 1. The minimum absolute atomic E-state index is 0.0111. The van der Waals surface area contributed by atoms with E-state index in [0.29, 0.717) is 17.7 Å². The van der Waals surface area contributed by atoms with Gasteiger partial charge in [0.05, 0.1) is 5.75 Å². The summed E-state index contributed by atoms with van der Waals surface area (Å²) in [6, 6.07) is 17.1. The van der Waals surface area contributed by atoms with E-state index < -0.39 is 0 Å². The molecule has 0 atom stereocenters. The number of aromatic nitrogens is 3. The van der Waals surface area contributed by atoms with Crippen molar-refractivity contribution in [2.24, 2.45) is 5.92 Å². The van der Waals surface area contributed by atoms with E-state index in [1.165, 1.54) is 17.3 Å². The quantitative estimate of drug-likeness (QED) is 0.407. The third-order valence-corrected chi connectivity index (χ3v) is 5.61. The van der Waals surface area contributed by atoms with Gasteiger partial charge in [-0.05, 0) is 36.8 Å². The summed E-state index contributed by atoms with van der Waals surface area (Å²) >= 11 is 1.39. The first-order chi connectivity index (χ1) is 14.5. The first kappa shape index (κ1) is 21.8. The smallest absolute Gasteiger partial charge is 0.226 e. The van der Waals surface area contributed by atoms with E-state index in [1.807, 2.05) is 39.0 Å². The van der Waals surface area contributed by atoms with Gasteiger partial charge in [-0.3, -0.25) is 9.59 Å². The molecule has 0 aliphatic rings. The van der Waals surface area contributed by atoms with E-state index in [1.54, 1.807) is 24.3 Å². The molecule has 3 aromatic rings. The highest BCUT2D eigenvalue weighted by Crippen LogP contribution is 2.21. The van der Waals surface area contributed by atoms with Crippen LogP contribution in [0.4, 0.5) is 5.69 Å². The topological polar surface area (TPSA) is 76.9 Å². The predicted molar refractivity (Wildman–Crippen MR) is 120 cm³/mol. The first-order valence-electron chi connectivity index (χ1n) is 10.0. The molecule has 1 heterocycles. The summed E-state index contributed by atoms with van der Waals surface area (Å²) in [5, 5.41) is 12.2. The number of Topliss-reactive ketones (excluding diaryl/α,β-unsaturated/α-hetero) is 1. The summed E-state index contributed by atoms with van der Waals surface area (Å²) < 4.78 is 2.05. The average Bonchev–Trinajstić information content (AvgIpc) is 3.14. The SMILES string of the molecule is CCn1c(Cc2ccccc2)nnc1SCC(=O)c1ccc(NC(=O)C(C)C)cc1. The minimum atomic E-state index is -0.0922. The lowest BCUT2D eigenvalue weighted by Gasteiger charge is -2.09. The summed E-state index contributed by atoms with van der Waals surface area (Å²) in [5.41, 5.74) is 2.48. The molecule has 0 fully saturated rings. The Bertz CT molecular complexity index is 998. The largest absolute Gasteiger partial charge is 0.326 e. The number of thioether (sulfide) groups is 1. The molecule has 7 heteroatoms. The Morgan fingerprint density at radius 2 is 1.73 bits per heavy atom. The summed E-state index contributed by atoms with van der Waals surface area (Å²) in [7, 11) is 0. The van der Waals surface area contributed by atoms with Crippen LogP contribution in [-0.2, 0) is 17.8 Å². The van der Waals surface area contributed by atoms with Crippen LogP contribution < -0.4 is 5.32 Å². The average molecular weight is 423 g/mol. The van der Waals surface area contributed by atoms with E-state index in [2.05, 4.69) is 32.2 Å². The molecule has 1 aromatic heterocycles. The molecule has 0 saturated carbocycles. The van der Waals surface area contributed by atoms with Gasteiger partial charge in [0, 0.05) is 30.1 Å². The Kier molecular flexibility index (Phi) is 7.41. The van der Waals surface area contributed by atoms with E-state index in [4.69, 9.17) is 0 Å². The molecule has 6 nitrogen and oxygen atoms in total. The van der Waals surface area contributed by atoms with Crippen molar-refractivity contribution < 1.29 is 9.59 Å². The van der Waals surface area contributed by atoms with Crippen molar-refractivity contribution in [1.82, 2.24) is 14.8 Å². The van der Waals surface area contributed by atoms with Gasteiger partial charge in [0.2, 0.25) is 5.91 Å². The zero-order valence-corrected chi connectivity index (χ0v) is 18.3. The number of nitrogens with zero attached hydrogens (tertiary/aromatic N) is 3. The molecule has 2 aromatic carbocycles. The Hall–Kier alpha value is -2.93. The van der Waals surface area contributed by atoms with Gasteiger partial charge in [-0.1, -0.05) is 55.9 Å². The number of ketones is 1. The van der Waals surface area contributed by atoms with Crippen molar-refractivity contribution in [3.8, 4) is 0 Å². The number of hydrogen-bond acceptors (Lipinski definition) is 5. The van der Waals surface area contributed by atoms with Crippen LogP contribution in [0.15, 0.2) is 59.8 Å². The summed E-state index contributed by atoms with van der Waals surface area (Å²) in [6.07, 6.45) is 0.708. The van der Waals surface area contributed by atoms with Gasteiger partial charge in [0.25, 0.3) is 0 Å². The molecule has 0 saturated heterocycles. The summed E-state index contributed by atoms with van der Waals surface area (Å²) in [5.74, 6) is 1.04. The number of hydrogen-bond donors (Lipinski definition) is 1. The van der Waals surface area contributed by atoms with Crippen LogP contribution >= 0.6 is 11.8 Å². The number of carbonyl (C=O) groups is 2. The lowest BCUT2D eigenvalue weighted by atomic mass is 10.1. The molecule has 1 amide bonds. The number of rotatable bonds is 9. The zero-order chi connectivity index (χ0) is 21.5. The second kappa shape index (κ2) is 10.2. The van der Waals surface area contributed by atoms with Crippen LogP contribution in [-0.4, -0.2) is 32.2 Å². The standard InChI is InChI=1S/C23H26N4O2S/c1-4-27-21(14-17-8-6-5-7-9-17)25-26-23(27)30-15-20(28)18-10-12-19(13-11-18)24-22(29)16(2)3/h5-13,16H,4,14-15H2,1-3H3,(H,24,29). The molecule has 156 valence electrons. The van der Waals surface area contributed by atoms with Gasteiger partial charge in [-0.2, -0.15) is 0 Å². The number of nitrogens with one attached hydrogen (secondary N) is 1. The van der Waals surface area contributed by atoms with Crippen LogP contribution in [0.2, 0.25) is 0 Å². The lowest BCUT2D eigenvalue weighted by Crippen LogP contribution is -2.17. The van der Waals surface area contributed by atoms with Crippen LogP contribution in [0.1, 0.15) is 42.5 Å². The zero-order valence-electron chi connectivity index (χ0n) is 17.5. The minimum Gasteiger partial charge on any atom is -0.326 e. The van der Waals surface area contributed by atoms with Crippen molar-refractivity contribution in [3.05, 3.63) is 71.5 Å². The van der Waals surface area contributed by atoms with Gasteiger partial charge in [0.1, 0.15) is 5.82 Å². The highest BCUT2D eigenvalue weighted by Gasteiger charge is 2.15. The molecule has 3 rings (SSSR count). The maximum absolute atomic E-state index is 12.6. The molecule has 0 spiro atoms. The number of anilines is 1. The summed E-state index contributed by atoms with van der Waals surface area (Å²) in [4.78, 5) is 24.4. The van der Waals surface area contributed by atoms with Crippen molar-refractivity contribution in [3.63, 3.8) is 0 Å². The molecule has 0 radical (unpaired) electrons. The van der Waals surface area contributed by atoms with Crippen LogP contribution in [0, 0.1) is 5.92 Å². The fourth-order valence-corrected chi connectivity index (χ4v) is 3.81. The van der Waals surface area contributed by atoms with E-state index >= 15 is 0 Å². The van der Waals surface area contributed by atoms with Crippen molar-refractivity contribution in [2.75, 3.05) is 11.1 Å². The molecule has 0 bridgehead atoms. The normalized spacial score (nSPS) is 10.9. The first-order valence-corrected chi connectivity index (χ1v) is 11.0. The Morgan fingerprint density at radius 3 is 2.37 bits per heavy atom. The molecule has 1 N–H and O–H groups in total. The molecular weight excluding hydrogens is 396 g/mol. The molecular formula is C23H26N4O2S. The maximum atomic E-state index is 12.6. The Balaban J connectivity index is 1.61. The lowest BCUT2D eigenvalue weighted by molar-refractivity contribution is -0.118. The van der Waals surface area contributed by atoms with E-state index in [-0.39, 0.29) is 23.4 Å². The predicted octanol–water partition coefficient (Wildman–Crippen LogP) is 4.46. The highest BCUT2D eigenvalue weighted by atomic mass is 32.2. The second-order valence-electron chi connectivity index (χ2n) is 7.24. The van der Waals surface area contributed by atoms with Gasteiger partial charge in [0.15, 0.2) is 10.9 Å². The van der Waals surface area contributed by atoms with Crippen molar-refractivity contribution in [1.29, 1.82) is 0 Å². The molecule has 0 unspecified atom stereocenters. The molecule has 30 heavy (non-hydrogen) atoms. The van der Waals surface area contributed by atoms with Gasteiger partial charge >= 0.3 is 0 Å². The Labute approximate surface area is 181 Å². The highest BCUT2D eigenvalue weighted by molar-refractivity contribution is 7.99. The van der Waals surface area contributed by atoms with Crippen molar-refractivity contribution >= 4 is 29.1 Å². The van der Waals surface area contributed by atoms with Gasteiger partial charge in [-0.15, -0.1) is 10.2 Å². The fourth-order valence-electron chi connectivity index (χ4n) is 2.89. The fraction of sp³-hybridized carbons (Fsp3) is 0.304. The third kappa shape index (κ3) is 5.57. The van der Waals surface area contributed by atoms with Crippen LogP contribution in [0.5, 0.6) is 0 Å². The third-order valence-electron chi connectivity index (χ3n) is 4.65. The van der Waals surface area contributed by atoms with Gasteiger partial charge in [-0.25, -0.2) is 0 Å². The van der Waals surface area contributed by atoms with E-state index in [0.717, 1.165) is 17.5 Å². The van der Waals surface area contributed by atoms with Gasteiger partial charge < -0.3 is 9.88 Å². The maximum Gasteiger partial charge on any atom is 0.226 e. The second-order valence-corrected chi connectivity index (χ2v) is 8.18. The number of benzene rings is 2. The van der Waals surface area contributed by atoms with Crippen LogP contribution in [0.3, 0.4) is 0 Å². The van der Waals surface area contributed by atoms with Crippen LogP contribution in [0.25, 0.3) is 0 Å². The van der Waals surface area contributed by atoms with Crippen molar-refractivity contribution in [2.45, 2.75) is 38.9 Å². The Morgan fingerprint density at radius 1 is 1.03 bits per heavy atom. The monoisotopic (exact) mass is 422 g/mol. The summed E-state index contributed by atoms with van der Waals surface area (Å²) in [6.45, 7) is 6.47. The number of carbonyl (C=O) groups excluding carboxylic acids is 2. The molecule has 0 aliphatic heterocycles.